The largest absolute Gasteiger partial charge is 0.756 e. The standard InChI is InChI=1S/C42H79N2O7P/c1-6-8-10-12-14-16-18-20-21-23-25-27-29-32-39(45)33-31-35-42(47)43-40(38-51-52(48,49)50-37-36-44(3,4)5)41(46)34-30-28-26-24-22-19-17-15-13-11-9-7-2/h20-21,25,27,29-30,32,34,39-41,45-46H,6-19,22-24,26,28,31,33,35-38H2,1-5H3,(H-,43,47,48,49)/b21-20+,27-25+,32-29+,34-30+/t39?,40-,41+/m0/s1. The Balaban J connectivity index is 4.70. The van der Waals surface area contributed by atoms with E-state index in [9.17, 15) is 24.5 Å². The smallest absolute Gasteiger partial charge is 0.268 e. The second kappa shape index (κ2) is 33.9. The fourth-order valence-electron chi connectivity index (χ4n) is 5.51. The van der Waals surface area contributed by atoms with Gasteiger partial charge in [0.1, 0.15) is 13.2 Å². The first-order valence-corrected chi connectivity index (χ1v) is 22.1. The highest BCUT2D eigenvalue weighted by Crippen LogP contribution is 2.38. The van der Waals surface area contributed by atoms with Gasteiger partial charge in [-0.25, -0.2) is 0 Å². The van der Waals surface area contributed by atoms with E-state index in [1.807, 2.05) is 45.4 Å². The summed E-state index contributed by atoms with van der Waals surface area (Å²) in [6.45, 7) is 4.45. The molecule has 3 N–H and O–H groups in total. The lowest BCUT2D eigenvalue weighted by Crippen LogP contribution is -2.45. The van der Waals surface area contributed by atoms with Crippen LogP contribution < -0.4 is 10.2 Å². The Bertz CT molecular complexity index is 1010. The van der Waals surface area contributed by atoms with Crippen molar-refractivity contribution >= 4 is 13.7 Å². The molecule has 0 aromatic heterocycles. The summed E-state index contributed by atoms with van der Waals surface area (Å²) in [5.41, 5.74) is 0. The van der Waals surface area contributed by atoms with Gasteiger partial charge in [-0.3, -0.25) is 9.36 Å². The number of likely N-dealkylation sites (N-methyl/N-ethyl adjacent to an activating group) is 1. The Morgan fingerprint density at radius 1 is 0.731 bits per heavy atom. The first kappa shape index (κ1) is 50.4. The van der Waals surface area contributed by atoms with Crippen LogP contribution in [0.15, 0.2) is 48.6 Å². The van der Waals surface area contributed by atoms with Gasteiger partial charge < -0.3 is 34.0 Å². The van der Waals surface area contributed by atoms with Gasteiger partial charge >= 0.3 is 0 Å². The minimum absolute atomic E-state index is 0.0362. The number of aliphatic hydroxyl groups excluding tert-OH is 2. The van der Waals surface area contributed by atoms with Gasteiger partial charge in [-0.15, -0.1) is 0 Å². The number of carbonyl (C=O) groups excluding carboxylic acids is 1. The zero-order valence-corrected chi connectivity index (χ0v) is 34.8. The number of aliphatic hydroxyl groups is 2. The molecule has 1 amide bonds. The molecule has 10 heteroatoms. The molecule has 0 bridgehead atoms. The van der Waals surface area contributed by atoms with Gasteiger partial charge in [-0.1, -0.05) is 152 Å². The molecule has 9 nitrogen and oxygen atoms in total. The van der Waals surface area contributed by atoms with Crippen molar-refractivity contribution in [2.75, 3.05) is 40.9 Å². The van der Waals surface area contributed by atoms with Crippen molar-refractivity contribution < 1.29 is 38.0 Å². The number of phosphoric acid groups is 1. The average Bonchev–Trinajstić information content (AvgIpc) is 3.08. The lowest BCUT2D eigenvalue weighted by atomic mass is 10.1. The van der Waals surface area contributed by atoms with E-state index in [0.717, 1.165) is 32.1 Å². The number of quaternary nitrogens is 1. The molecule has 0 spiro atoms. The molecular weight excluding hydrogens is 675 g/mol. The molecule has 0 aliphatic rings. The summed E-state index contributed by atoms with van der Waals surface area (Å²) >= 11 is 0. The SMILES string of the molecule is CCCCCCCC/C=C/C/C=C/C=C/C(O)CCCC(=O)N[C@@H](COP(=O)([O-])OCC[N+](C)(C)C)[C@H](O)/C=C/CCCCCCCCCCCC. The van der Waals surface area contributed by atoms with E-state index in [1.54, 1.807) is 12.2 Å². The van der Waals surface area contributed by atoms with E-state index < -0.39 is 32.7 Å². The summed E-state index contributed by atoms with van der Waals surface area (Å²) in [6, 6.07) is -0.976. The average molecular weight is 755 g/mol. The molecule has 0 saturated heterocycles. The first-order chi connectivity index (χ1) is 24.9. The van der Waals surface area contributed by atoms with Gasteiger partial charge in [0.2, 0.25) is 5.91 Å². The zero-order chi connectivity index (χ0) is 38.8. The van der Waals surface area contributed by atoms with Crippen LogP contribution in [0.25, 0.3) is 0 Å². The molecular formula is C42H79N2O7P. The Morgan fingerprint density at radius 2 is 1.29 bits per heavy atom. The monoisotopic (exact) mass is 755 g/mol. The van der Waals surface area contributed by atoms with E-state index >= 15 is 0 Å². The maximum absolute atomic E-state index is 12.8. The Kier molecular flexibility index (Phi) is 32.9. The molecule has 0 heterocycles. The summed E-state index contributed by atoms with van der Waals surface area (Å²) in [7, 11) is 1.14. The normalized spacial score (nSPS) is 15.6. The van der Waals surface area contributed by atoms with Crippen LogP contribution >= 0.6 is 7.82 Å². The summed E-state index contributed by atoms with van der Waals surface area (Å²) in [5, 5.41) is 23.9. The van der Waals surface area contributed by atoms with Crippen molar-refractivity contribution in [2.24, 2.45) is 0 Å². The number of rotatable bonds is 36. The highest BCUT2D eigenvalue weighted by Gasteiger charge is 2.23. The lowest BCUT2D eigenvalue weighted by Gasteiger charge is -2.29. The molecule has 304 valence electrons. The highest BCUT2D eigenvalue weighted by molar-refractivity contribution is 7.45. The van der Waals surface area contributed by atoms with Crippen LogP contribution in [-0.2, 0) is 18.4 Å². The Hall–Kier alpha value is -1.58. The Labute approximate surface area is 319 Å². The summed E-state index contributed by atoms with van der Waals surface area (Å²) in [5.74, 6) is -0.355. The molecule has 0 aliphatic heterocycles. The molecule has 52 heavy (non-hydrogen) atoms. The van der Waals surface area contributed by atoms with Crippen LogP contribution in [0.3, 0.4) is 0 Å². The number of phosphoric ester groups is 1. The fourth-order valence-corrected chi connectivity index (χ4v) is 6.23. The molecule has 2 unspecified atom stereocenters. The molecule has 0 fully saturated rings. The third kappa shape index (κ3) is 35.4. The maximum Gasteiger partial charge on any atom is 0.268 e. The summed E-state index contributed by atoms with van der Waals surface area (Å²) in [6.07, 6.45) is 37.5. The van der Waals surface area contributed by atoms with Gasteiger partial charge in [0.25, 0.3) is 7.82 Å². The Morgan fingerprint density at radius 3 is 1.87 bits per heavy atom. The van der Waals surface area contributed by atoms with Gasteiger partial charge in [-0.05, 0) is 44.9 Å². The van der Waals surface area contributed by atoms with E-state index in [1.165, 1.54) is 89.9 Å². The number of hydrogen-bond acceptors (Lipinski definition) is 7. The summed E-state index contributed by atoms with van der Waals surface area (Å²) in [4.78, 5) is 25.2. The van der Waals surface area contributed by atoms with Gasteiger partial charge in [0.05, 0.1) is 46.0 Å². The van der Waals surface area contributed by atoms with Crippen LogP contribution in [0.2, 0.25) is 0 Å². The number of allylic oxidation sites excluding steroid dienone is 6. The van der Waals surface area contributed by atoms with E-state index in [4.69, 9.17) is 9.05 Å². The number of unbranched alkanes of at least 4 members (excludes halogenated alkanes) is 16. The van der Waals surface area contributed by atoms with Gasteiger partial charge in [0.15, 0.2) is 0 Å². The van der Waals surface area contributed by atoms with Crippen LogP contribution in [0.1, 0.15) is 155 Å². The third-order valence-electron chi connectivity index (χ3n) is 8.89. The maximum atomic E-state index is 12.8. The van der Waals surface area contributed by atoms with Crippen LogP contribution in [-0.4, -0.2) is 79.8 Å². The van der Waals surface area contributed by atoms with Crippen molar-refractivity contribution in [3.05, 3.63) is 48.6 Å². The topological polar surface area (TPSA) is 128 Å². The number of amides is 1. The first-order valence-electron chi connectivity index (χ1n) is 20.6. The van der Waals surface area contributed by atoms with Crippen molar-refractivity contribution in [2.45, 2.75) is 173 Å². The predicted octanol–water partition coefficient (Wildman–Crippen LogP) is 9.25. The quantitative estimate of drug-likeness (QED) is 0.0191. The number of carbonyl (C=O) groups is 1. The van der Waals surface area contributed by atoms with Gasteiger partial charge in [-0.2, -0.15) is 0 Å². The molecule has 0 aromatic rings. The number of nitrogens with one attached hydrogen (secondary N) is 1. The second-order valence-electron chi connectivity index (χ2n) is 15.2. The number of nitrogens with zero attached hydrogens (tertiary/aromatic N) is 1. The predicted molar refractivity (Wildman–Crippen MR) is 216 cm³/mol. The van der Waals surface area contributed by atoms with Crippen molar-refractivity contribution in [1.82, 2.24) is 5.32 Å². The lowest BCUT2D eigenvalue weighted by molar-refractivity contribution is -0.870. The highest BCUT2D eigenvalue weighted by atomic mass is 31.2. The molecule has 0 radical (unpaired) electrons. The molecule has 0 saturated carbocycles. The van der Waals surface area contributed by atoms with E-state index in [2.05, 4.69) is 31.3 Å². The summed E-state index contributed by atoms with van der Waals surface area (Å²) < 4.78 is 23.0. The fraction of sp³-hybridized carbons (Fsp3) is 0.786. The van der Waals surface area contributed by atoms with E-state index in [0.29, 0.717) is 23.9 Å². The van der Waals surface area contributed by atoms with Crippen LogP contribution in [0.4, 0.5) is 0 Å². The minimum atomic E-state index is -4.63. The third-order valence-corrected chi connectivity index (χ3v) is 9.85. The number of hydrogen-bond donors (Lipinski definition) is 3. The molecule has 4 atom stereocenters. The zero-order valence-electron chi connectivity index (χ0n) is 33.9. The molecule has 0 aromatic carbocycles. The van der Waals surface area contributed by atoms with E-state index in [-0.39, 0.29) is 18.9 Å². The van der Waals surface area contributed by atoms with Crippen molar-refractivity contribution in [1.29, 1.82) is 0 Å². The van der Waals surface area contributed by atoms with Crippen LogP contribution in [0, 0.1) is 0 Å². The molecule has 0 aliphatic carbocycles. The second-order valence-corrected chi connectivity index (χ2v) is 16.6. The molecule has 0 rings (SSSR count). The van der Waals surface area contributed by atoms with Gasteiger partial charge in [0, 0.05) is 6.42 Å². The van der Waals surface area contributed by atoms with Crippen molar-refractivity contribution in [3.8, 4) is 0 Å². The van der Waals surface area contributed by atoms with Crippen molar-refractivity contribution in [3.63, 3.8) is 0 Å². The van der Waals surface area contributed by atoms with Crippen LogP contribution in [0.5, 0.6) is 0 Å². The minimum Gasteiger partial charge on any atom is -0.756 e.